The Kier molecular flexibility index (Phi) is 4.81. The lowest BCUT2D eigenvalue weighted by Gasteiger charge is -2.22. The zero-order chi connectivity index (χ0) is 13.1. The SMILES string of the molecule is Oc1ccc(Br)c(C=NC2CCC(O)CC2)c1Br. The molecule has 3 nitrogen and oxygen atoms in total. The van der Waals surface area contributed by atoms with E-state index in [1.165, 1.54) is 0 Å². The second kappa shape index (κ2) is 6.17. The van der Waals surface area contributed by atoms with E-state index in [1.807, 2.05) is 0 Å². The van der Waals surface area contributed by atoms with Gasteiger partial charge in [-0.25, -0.2) is 0 Å². The van der Waals surface area contributed by atoms with Gasteiger partial charge in [-0.3, -0.25) is 4.99 Å². The van der Waals surface area contributed by atoms with E-state index in [4.69, 9.17) is 0 Å². The van der Waals surface area contributed by atoms with Crippen molar-refractivity contribution >= 4 is 38.1 Å². The number of nitrogens with zero attached hydrogens (tertiary/aromatic N) is 1. The molecule has 18 heavy (non-hydrogen) atoms. The first-order valence-electron chi connectivity index (χ1n) is 5.96. The van der Waals surface area contributed by atoms with E-state index in [-0.39, 0.29) is 17.9 Å². The van der Waals surface area contributed by atoms with Gasteiger partial charge < -0.3 is 10.2 Å². The number of aliphatic imine (C=N–C) groups is 1. The van der Waals surface area contributed by atoms with Crippen LogP contribution in [0.2, 0.25) is 0 Å². The number of hydrogen-bond donors (Lipinski definition) is 2. The fourth-order valence-electron chi connectivity index (χ4n) is 2.06. The van der Waals surface area contributed by atoms with E-state index in [0.29, 0.717) is 4.47 Å². The molecule has 0 spiro atoms. The van der Waals surface area contributed by atoms with Gasteiger partial charge in [0.1, 0.15) is 5.75 Å². The Morgan fingerprint density at radius 3 is 2.50 bits per heavy atom. The van der Waals surface area contributed by atoms with Gasteiger partial charge in [-0.05, 0) is 53.7 Å². The van der Waals surface area contributed by atoms with Crippen LogP contribution >= 0.6 is 31.9 Å². The van der Waals surface area contributed by atoms with Crippen LogP contribution in [0.15, 0.2) is 26.1 Å². The van der Waals surface area contributed by atoms with Crippen molar-refractivity contribution in [1.29, 1.82) is 0 Å². The third-order valence-electron chi connectivity index (χ3n) is 3.19. The van der Waals surface area contributed by atoms with Gasteiger partial charge in [-0.2, -0.15) is 0 Å². The van der Waals surface area contributed by atoms with Crippen LogP contribution in [0.5, 0.6) is 5.75 Å². The van der Waals surface area contributed by atoms with Crippen molar-refractivity contribution < 1.29 is 10.2 Å². The van der Waals surface area contributed by atoms with E-state index in [9.17, 15) is 10.2 Å². The highest BCUT2D eigenvalue weighted by Crippen LogP contribution is 2.32. The summed E-state index contributed by atoms with van der Waals surface area (Å²) in [6.07, 6.45) is 5.12. The summed E-state index contributed by atoms with van der Waals surface area (Å²) in [4.78, 5) is 4.54. The number of phenols is 1. The predicted molar refractivity (Wildman–Crippen MR) is 79.4 cm³/mol. The molecule has 5 heteroatoms. The highest BCUT2D eigenvalue weighted by Gasteiger charge is 2.18. The smallest absolute Gasteiger partial charge is 0.130 e. The number of halogens is 2. The van der Waals surface area contributed by atoms with Crippen molar-refractivity contribution in [2.45, 2.75) is 37.8 Å². The van der Waals surface area contributed by atoms with Crippen LogP contribution in [0.25, 0.3) is 0 Å². The summed E-state index contributed by atoms with van der Waals surface area (Å²) in [5.74, 6) is 0.207. The standard InChI is InChI=1S/C13H15Br2NO2/c14-11-5-6-12(18)13(15)10(11)7-16-8-1-3-9(17)4-2-8/h5-9,17-18H,1-4H2. The first-order chi connectivity index (χ1) is 8.58. The van der Waals surface area contributed by atoms with Crippen LogP contribution < -0.4 is 0 Å². The van der Waals surface area contributed by atoms with E-state index in [1.54, 1.807) is 18.3 Å². The molecule has 0 bridgehead atoms. The zero-order valence-corrected chi connectivity index (χ0v) is 13.0. The fraction of sp³-hybridized carbons (Fsp3) is 0.462. The molecule has 1 saturated carbocycles. The van der Waals surface area contributed by atoms with E-state index in [2.05, 4.69) is 36.9 Å². The van der Waals surface area contributed by atoms with Crippen LogP contribution in [-0.4, -0.2) is 28.6 Å². The van der Waals surface area contributed by atoms with E-state index in [0.717, 1.165) is 35.7 Å². The molecule has 0 aliphatic heterocycles. The third-order valence-corrected chi connectivity index (χ3v) is 4.71. The quantitative estimate of drug-likeness (QED) is 0.774. The van der Waals surface area contributed by atoms with Crippen molar-refractivity contribution in [1.82, 2.24) is 0 Å². The molecule has 0 amide bonds. The van der Waals surface area contributed by atoms with Gasteiger partial charge in [0.2, 0.25) is 0 Å². The Balaban J connectivity index is 2.11. The second-order valence-electron chi connectivity index (χ2n) is 4.53. The second-order valence-corrected chi connectivity index (χ2v) is 6.18. The van der Waals surface area contributed by atoms with Crippen LogP contribution in [0.3, 0.4) is 0 Å². The van der Waals surface area contributed by atoms with Crippen LogP contribution in [0, 0.1) is 0 Å². The molecule has 1 aliphatic rings. The summed E-state index contributed by atoms with van der Waals surface area (Å²) in [6.45, 7) is 0. The predicted octanol–water partition coefficient (Wildman–Crippen LogP) is 3.64. The van der Waals surface area contributed by atoms with Gasteiger partial charge in [0.05, 0.1) is 16.6 Å². The minimum atomic E-state index is -0.157. The maximum Gasteiger partial charge on any atom is 0.130 e. The minimum Gasteiger partial charge on any atom is -0.507 e. The van der Waals surface area contributed by atoms with E-state index >= 15 is 0 Å². The van der Waals surface area contributed by atoms with Crippen molar-refractivity contribution in [3.63, 3.8) is 0 Å². The molecule has 0 aromatic heterocycles. The van der Waals surface area contributed by atoms with Gasteiger partial charge in [-0.15, -0.1) is 0 Å². The number of aliphatic hydroxyl groups is 1. The number of aromatic hydroxyl groups is 1. The number of hydrogen-bond acceptors (Lipinski definition) is 3. The molecule has 98 valence electrons. The first-order valence-corrected chi connectivity index (χ1v) is 7.54. The summed E-state index contributed by atoms with van der Waals surface area (Å²) in [6, 6.07) is 3.70. The zero-order valence-electron chi connectivity index (χ0n) is 9.81. The molecule has 1 aromatic rings. The molecule has 0 atom stereocenters. The molecule has 0 heterocycles. The average Bonchev–Trinajstić information content (AvgIpc) is 2.36. The molecule has 1 aliphatic carbocycles. The van der Waals surface area contributed by atoms with Crippen LogP contribution in [0.1, 0.15) is 31.2 Å². The lowest BCUT2D eigenvalue weighted by Crippen LogP contribution is -2.20. The monoisotopic (exact) mass is 375 g/mol. The normalized spacial score (nSPS) is 24.6. The Bertz CT molecular complexity index is 455. The summed E-state index contributed by atoms with van der Waals surface area (Å²) >= 11 is 6.80. The number of aliphatic hydroxyl groups excluding tert-OH is 1. The van der Waals surface area contributed by atoms with E-state index < -0.39 is 0 Å². The Morgan fingerprint density at radius 2 is 1.83 bits per heavy atom. The topological polar surface area (TPSA) is 52.8 Å². The molecule has 1 fully saturated rings. The maximum absolute atomic E-state index is 9.63. The highest BCUT2D eigenvalue weighted by atomic mass is 79.9. The van der Waals surface area contributed by atoms with Crippen LogP contribution in [0.4, 0.5) is 0 Å². The fourth-order valence-corrected chi connectivity index (χ4v) is 3.21. The highest BCUT2D eigenvalue weighted by molar-refractivity contribution is 9.11. The van der Waals surface area contributed by atoms with Gasteiger partial charge in [0, 0.05) is 16.3 Å². The average molecular weight is 377 g/mol. The van der Waals surface area contributed by atoms with Gasteiger partial charge in [0.25, 0.3) is 0 Å². The molecule has 0 radical (unpaired) electrons. The van der Waals surface area contributed by atoms with Crippen molar-refractivity contribution in [3.05, 3.63) is 26.6 Å². The molecule has 1 aromatic carbocycles. The molecule has 0 unspecified atom stereocenters. The number of phenolic OH excluding ortho intramolecular Hbond substituents is 1. The van der Waals surface area contributed by atoms with Crippen molar-refractivity contribution in [3.8, 4) is 5.75 Å². The minimum absolute atomic E-state index is 0.157. The molecule has 0 saturated heterocycles. The maximum atomic E-state index is 9.63. The van der Waals surface area contributed by atoms with Gasteiger partial charge >= 0.3 is 0 Å². The Morgan fingerprint density at radius 1 is 1.17 bits per heavy atom. The number of rotatable bonds is 2. The largest absolute Gasteiger partial charge is 0.507 e. The first kappa shape index (κ1) is 14.0. The lowest BCUT2D eigenvalue weighted by atomic mass is 9.93. The lowest BCUT2D eigenvalue weighted by molar-refractivity contribution is 0.123. The number of benzene rings is 1. The Labute approximate surface area is 123 Å². The third kappa shape index (κ3) is 3.33. The van der Waals surface area contributed by atoms with Gasteiger partial charge in [-0.1, -0.05) is 15.9 Å². The molecule has 2 rings (SSSR count). The van der Waals surface area contributed by atoms with Crippen molar-refractivity contribution in [2.75, 3.05) is 0 Å². The summed E-state index contributed by atoms with van der Waals surface area (Å²) in [5, 5.41) is 19.1. The summed E-state index contributed by atoms with van der Waals surface area (Å²) in [5.41, 5.74) is 0.848. The molecular weight excluding hydrogens is 362 g/mol. The molecule has 2 N–H and O–H groups in total. The van der Waals surface area contributed by atoms with Gasteiger partial charge in [0.15, 0.2) is 0 Å². The Hall–Kier alpha value is -0.390. The summed E-state index contributed by atoms with van der Waals surface area (Å²) < 4.78 is 1.54. The van der Waals surface area contributed by atoms with Crippen LogP contribution in [-0.2, 0) is 0 Å². The summed E-state index contributed by atoms with van der Waals surface area (Å²) in [7, 11) is 0. The van der Waals surface area contributed by atoms with Crippen molar-refractivity contribution in [2.24, 2.45) is 4.99 Å². The molecular formula is C13H15Br2NO2.